The van der Waals surface area contributed by atoms with Crippen LogP contribution in [0.15, 0.2) is 42.5 Å². The van der Waals surface area contributed by atoms with Crippen molar-refractivity contribution in [3.05, 3.63) is 53.6 Å². The Kier molecular flexibility index (Phi) is 5.09. The molecular formula is C18H24N2O. The van der Waals surface area contributed by atoms with Crippen molar-refractivity contribution in [2.24, 2.45) is 0 Å². The van der Waals surface area contributed by atoms with Crippen LogP contribution < -0.4 is 15.8 Å². The first-order chi connectivity index (χ1) is 10.1. The Morgan fingerprint density at radius 1 is 1.14 bits per heavy atom. The third-order valence-corrected chi connectivity index (χ3v) is 3.36. The molecule has 0 aliphatic rings. The molecule has 0 aromatic heterocycles. The summed E-state index contributed by atoms with van der Waals surface area (Å²) >= 11 is 0. The molecule has 0 radical (unpaired) electrons. The van der Waals surface area contributed by atoms with E-state index in [1.54, 1.807) is 0 Å². The second-order valence-corrected chi connectivity index (χ2v) is 5.52. The van der Waals surface area contributed by atoms with E-state index in [1.807, 2.05) is 32.0 Å². The maximum Gasteiger partial charge on any atom is 0.144 e. The number of nitrogens with one attached hydrogen (secondary N) is 1. The minimum atomic E-state index is 0.120. The van der Waals surface area contributed by atoms with E-state index in [2.05, 4.69) is 36.5 Å². The van der Waals surface area contributed by atoms with E-state index in [1.165, 1.54) is 11.1 Å². The molecule has 0 saturated carbocycles. The Labute approximate surface area is 127 Å². The fraction of sp³-hybridized carbons (Fsp3) is 0.333. The number of nitrogens with two attached hydrogens (primary N) is 1. The van der Waals surface area contributed by atoms with Gasteiger partial charge in [-0.1, -0.05) is 24.3 Å². The predicted molar refractivity (Wildman–Crippen MR) is 90.0 cm³/mol. The maximum absolute atomic E-state index is 5.92. The number of nitrogen functional groups attached to an aromatic ring is 1. The van der Waals surface area contributed by atoms with Gasteiger partial charge in [0.05, 0.1) is 11.8 Å². The number of rotatable bonds is 6. The second kappa shape index (κ2) is 7.02. The van der Waals surface area contributed by atoms with Gasteiger partial charge in [-0.15, -0.1) is 0 Å². The maximum atomic E-state index is 5.92. The molecule has 3 heteroatoms. The van der Waals surface area contributed by atoms with Gasteiger partial charge in [-0.2, -0.15) is 0 Å². The molecule has 2 rings (SSSR count). The van der Waals surface area contributed by atoms with Crippen molar-refractivity contribution in [1.82, 2.24) is 0 Å². The van der Waals surface area contributed by atoms with Gasteiger partial charge in [-0.3, -0.25) is 0 Å². The Bertz CT molecular complexity index is 594. The van der Waals surface area contributed by atoms with Gasteiger partial charge >= 0.3 is 0 Å². The van der Waals surface area contributed by atoms with Crippen LogP contribution in [0.2, 0.25) is 0 Å². The highest BCUT2D eigenvalue weighted by Crippen LogP contribution is 2.26. The number of hydrogen-bond donors (Lipinski definition) is 2. The van der Waals surface area contributed by atoms with Crippen LogP contribution in [0.25, 0.3) is 0 Å². The number of aryl methyl sites for hydroxylation is 1. The van der Waals surface area contributed by atoms with Crippen molar-refractivity contribution in [1.29, 1.82) is 0 Å². The molecule has 112 valence electrons. The van der Waals surface area contributed by atoms with Gasteiger partial charge in [0, 0.05) is 18.3 Å². The summed E-state index contributed by atoms with van der Waals surface area (Å²) in [6.45, 7) is 7.03. The summed E-state index contributed by atoms with van der Waals surface area (Å²) in [6, 6.07) is 14.3. The van der Waals surface area contributed by atoms with Crippen molar-refractivity contribution in [3.8, 4) is 5.75 Å². The number of benzene rings is 2. The average Bonchev–Trinajstić information content (AvgIpc) is 2.44. The van der Waals surface area contributed by atoms with E-state index in [0.29, 0.717) is 5.69 Å². The molecule has 0 spiro atoms. The van der Waals surface area contributed by atoms with Crippen molar-refractivity contribution < 1.29 is 4.74 Å². The van der Waals surface area contributed by atoms with Crippen molar-refractivity contribution in [3.63, 3.8) is 0 Å². The zero-order valence-electron chi connectivity index (χ0n) is 13.0. The van der Waals surface area contributed by atoms with E-state index in [4.69, 9.17) is 10.5 Å². The largest absolute Gasteiger partial charge is 0.489 e. The smallest absolute Gasteiger partial charge is 0.144 e. The minimum Gasteiger partial charge on any atom is -0.489 e. The summed E-state index contributed by atoms with van der Waals surface area (Å²) in [5, 5.41) is 3.43. The van der Waals surface area contributed by atoms with Crippen LogP contribution >= 0.6 is 0 Å². The first-order valence-electron chi connectivity index (χ1n) is 7.41. The summed E-state index contributed by atoms with van der Waals surface area (Å²) in [5.74, 6) is 0.742. The third-order valence-electron chi connectivity index (χ3n) is 3.36. The van der Waals surface area contributed by atoms with E-state index in [-0.39, 0.29) is 6.10 Å². The van der Waals surface area contributed by atoms with Crippen LogP contribution in [0.1, 0.15) is 25.0 Å². The fourth-order valence-electron chi connectivity index (χ4n) is 2.23. The first kappa shape index (κ1) is 15.2. The Morgan fingerprint density at radius 3 is 2.62 bits per heavy atom. The molecule has 3 N–H and O–H groups in total. The van der Waals surface area contributed by atoms with Crippen LogP contribution in [0.3, 0.4) is 0 Å². The molecule has 0 unspecified atom stereocenters. The van der Waals surface area contributed by atoms with Crippen LogP contribution in [0.5, 0.6) is 5.75 Å². The molecule has 0 atom stereocenters. The lowest BCUT2D eigenvalue weighted by molar-refractivity contribution is 0.244. The van der Waals surface area contributed by atoms with Gasteiger partial charge in [-0.25, -0.2) is 0 Å². The lowest BCUT2D eigenvalue weighted by atomic mass is 10.1. The van der Waals surface area contributed by atoms with Crippen LogP contribution in [0, 0.1) is 6.92 Å². The number of ether oxygens (including phenoxy) is 1. The van der Waals surface area contributed by atoms with E-state index >= 15 is 0 Å². The molecule has 21 heavy (non-hydrogen) atoms. The lowest BCUT2D eigenvalue weighted by Gasteiger charge is -2.14. The molecule has 3 nitrogen and oxygen atoms in total. The fourth-order valence-corrected chi connectivity index (χ4v) is 2.23. The number of anilines is 2. The first-order valence-corrected chi connectivity index (χ1v) is 7.41. The highest BCUT2D eigenvalue weighted by atomic mass is 16.5. The summed E-state index contributed by atoms with van der Waals surface area (Å²) in [4.78, 5) is 0. The lowest BCUT2D eigenvalue weighted by Crippen LogP contribution is -2.09. The van der Waals surface area contributed by atoms with Gasteiger partial charge in [0.15, 0.2) is 0 Å². The summed E-state index contributed by atoms with van der Waals surface area (Å²) in [5.41, 5.74) is 10.3. The number of hydrogen-bond acceptors (Lipinski definition) is 3. The van der Waals surface area contributed by atoms with E-state index < -0.39 is 0 Å². The Balaban J connectivity index is 1.96. The van der Waals surface area contributed by atoms with Gasteiger partial charge in [0.2, 0.25) is 0 Å². The summed E-state index contributed by atoms with van der Waals surface area (Å²) < 4.78 is 5.70. The molecule has 0 fully saturated rings. The van der Waals surface area contributed by atoms with Crippen molar-refractivity contribution in [2.75, 3.05) is 17.6 Å². The molecule has 0 aliphatic carbocycles. The summed E-state index contributed by atoms with van der Waals surface area (Å²) in [7, 11) is 0. The quantitative estimate of drug-likeness (QED) is 0.788. The molecule has 0 saturated heterocycles. The van der Waals surface area contributed by atoms with Gasteiger partial charge in [-0.05, 0) is 50.5 Å². The van der Waals surface area contributed by atoms with Gasteiger partial charge < -0.3 is 15.8 Å². The zero-order chi connectivity index (χ0) is 15.2. The van der Waals surface area contributed by atoms with E-state index in [0.717, 1.165) is 24.4 Å². The van der Waals surface area contributed by atoms with Crippen LogP contribution in [-0.4, -0.2) is 12.6 Å². The van der Waals surface area contributed by atoms with Crippen LogP contribution in [-0.2, 0) is 6.42 Å². The van der Waals surface area contributed by atoms with Gasteiger partial charge in [0.1, 0.15) is 5.75 Å². The average molecular weight is 284 g/mol. The molecule has 2 aromatic rings. The Hall–Kier alpha value is -2.16. The minimum absolute atomic E-state index is 0.120. The molecule has 2 aromatic carbocycles. The van der Waals surface area contributed by atoms with Crippen molar-refractivity contribution >= 4 is 11.4 Å². The normalized spacial score (nSPS) is 10.7. The van der Waals surface area contributed by atoms with E-state index in [9.17, 15) is 0 Å². The predicted octanol–water partition coefficient (Wildman–Crippen LogP) is 4.02. The topological polar surface area (TPSA) is 47.3 Å². The highest BCUT2D eigenvalue weighted by Gasteiger charge is 2.04. The van der Waals surface area contributed by atoms with Gasteiger partial charge in [0.25, 0.3) is 0 Å². The standard InChI is InChI=1S/C18H24N2O/c1-13(2)21-18-12-16(8-9-17(18)19)20-11-10-15-7-5-4-6-14(15)3/h4-9,12-13,20H,10-11,19H2,1-3H3. The molecule has 0 bridgehead atoms. The highest BCUT2D eigenvalue weighted by molar-refractivity contribution is 5.61. The summed E-state index contributed by atoms with van der Waals surface area (Å²) in [6.07, 6.45) is 1.12. The molecule has 0 aliphatic heterocycles. The van der Waals surface area contributed by atoms with Crippen LogP contribution in [0.4, 0.5) is 11.4 Å². The Morgan fingerprint density at radius 2 is 1.90 bits per heavy atom. The molecule has 0 amide bonds. The molecular weight excluding hydrogens is 260 g/mol. The van der Waals surface area contributed by atoms with Crippen molar-refractivity contribution in [2.45, 2.75) is 33.3 Å². The zero-order valence-corrected chi connectivity index (χ0v) is 13.0. The third kappa shape index (κ3) is 4.42. The SMILES string of the molecule is Cc1ccccc1CCNc1ccc(N)c(OC(C)C)c1. The molecule has 0 heterocycles. The monoisotopic (exact) mass is 284 g/mol. The second-order valence-electron chi connectivity index (χ2n) is 5.52.